The van der Waals surface area contributed by atoms with E-state index in [9.17, 15) is 13.2 Å². The predicted molar refractivity (Wildman–Crippen MR) is 58.1 cm³/mol. The van der Waals surface area contributed by atoms with Gasteiger partial charge in [0.2, 0.25) is 10.0 Å². The van der Waals surface area contributed by atoms with Crippen LogP contribution in [-0.2, 0) is 14.8 Å². The Morgan fingerprint density at radius 1 is 1.60 bits per heavy atom. The molecule has 0 saturated carbocycles. The molecule has 6 heteroatoms. The van der Waals surface area contributed by atoms with Crippen molar-refractivity contribution >= 4 is 16.0 Å². The molecule has 2 N–H and O–H groups in total. The average molecular weight is 235 g/mol. The van der Waals surface area contributed by atoms with Crippen LogP contribution in [-0.4, -0.2) is 31.3 Å². The highest BCUT2D eigenvalue weighted by atomic mass is 32.2. The summed E-state index contributed by atoms with van der Waals surface area (Å²) in [5.74, 6) is -1.22. The maximum absolute atomic E-state index is 11.4. The number of sulfonamides is 1. The summed E-state index contributed by atoms with van der Waals surface area (Å²) in [5.41, 5.74) is 0. The Labute approximate surface area is 90.2 Å². The van der Waals surface area contributed by atoms with E-state index in [-0.39, 0.29) is 12.2 Å². The molecule has 1 atom stereocenters. The van der Waals surface area contributed by atoms with Crippen LogP contribution in [0.2, 0.25) is 0 Å². The average Bonchev–Trinajstić information content (AvgIpc) is 2.14. The van der Waals surface area contributed by atoms with E-state index in [0.717, 1.165) is 6.42 Å². The minimum absolute atomic E-state index is 0.0373. The van der Waals surface area contributed by atoms with Gasteiger partial charge < -0.3 is 5.11 Å². The van der Waals surface area contributed by atoms with Gasteiger partial charge in [0.1, 0.15) is 6.04 Å². The van der Waals surface area contributed by atoms with Gasteiger partial charge in [0.15, 0.2) is 0 Å². The van der Waals surface area contributed by atoms with Crippen LogP contribution in [0.3, 0.4) is 0 Å². The van der Waals surface area contributed by atoms with Gasteiger partial charge in [-0.25, -0.2) is 13.1 Å². The fourth-order valence-corrected chi connectivity index (χ4v) is 2.39. The second-order valence-corrected chi connectivity index (χ2v) is 5.08. The van der Waals surface area contributed by atoms with E-state index in [0.29, 0.717) is 6.42 Å². The highest BCUT2D eigenvalue weighted by Crippen LogP contribution is 1.99. The van der Waals surface area contributed by atoms with Crippen molar-refractivity contribution in [3.63, 3.8) is 0 Å². The van der Waals surface area contributed by atoms with E-state index in [1.54, 1.807) is 0 Å². The molecule has 15 heavy (non-hydrogen) atoms. The Balaban J connectivity index is 4.38. The van der Waals surface area contributed by atoms with Gasteiger partial charge in [-0.15, -0.1) is 6.58 Å². The summed E-state index contributed by atoms with van der Waals surface area (Å²) in [5, 5.41) is 8.72. The lowest BCUT2D eigenvalue weighted by atomic mass is 10.2. The van der Waals surface area contributed by atoms with Gasteiger partial charge in [0.05, 0.1) is 5.75 Å². The maximum atomic E-state index is 11.4. The van der Waals surface area contributed by atoms with E-state index >= 15 is 0 Å². The zero-order valence-corrected chi connectivity index (χ0v) is 9.59. The Morgan fingerprint density at radius 2 is 2.20 bits per heavy atom. The van der Waals surface area contributed by atoms with Gasteiger partial charge in [-0.3, -0.25) is 4.79 Å². The van der Waals surface area contributed by atoms with Crippen molar-refractivity contribution in [3.8, 4) is 0 Å². The van der Waals surface area contributed by atoms with Crippen LogP contribution in [0.4, 0.5) is 0 Å². The van der Waals surface area contributed by atoms with E-state index in [4.69, 9.17) is 5.11 Å². The molecule has 0 rings (SSSR count). The summed E-state index contributed by atoms with van der Waals surface area (Å²) in [4.78, 5) is 10.7. The summed E-state index contributed by atoms with van der Waals surface area (Å²) < 4.78 is 24.9. The van der Waals surface area contributed by atoms with Crippen molar-refractivity contribution < 1.29 is 18.3 Å². The van der Waals surface area contributed by atoms with Crippen LogP contribution in [0.5, 0.6) is 0 Å². The topological polar surface area (TPSA) is 83.5 Å². The van der Waals surface area contributed by atoms with Crippen LogP contribution >= 0.6 is 0 Å². The first-order chi connectivity index (χ1) is 6.93. The molecule has 0 aromatic heterocycles. The molecular weight excluding hydrogens is 218 g/mol. The fraction of sp³-hybridized carbons (Fsp3) is 0.667. The molecule has 0 aliphatic rings. The molecule has 0 aromatic rings. The van der Waals surface area contributed by atoms with Crippen molar-refractivity contribution in [3.05, 3.63) is 12.7 Å². The first kappa shape index (κ1) is 14.1. The van der Waals surface area contributed by atoms with Crippen molar-refractivity contribution in [2.24, 2.45) is 0 Å². The Kier molecular flexibility index (Phi) is 6.19. The van der Waals surface area contributed by atoms with Crippen molar-refractivity contribution in [1.82, 2.24) is 4.72 Å². The van der Waals surface area contributed by atoms with Crippen molar-refractivity contribution in [2.45, 2.75) is 32.2 Å². The number of carboxylic acid groups (broad SMARTS) is 1. The molecule has 0 saturated heterocycles. The lowest BCUT2D eigenvalue weighted by molar-refractivity contribution is -0.138. The molecule has 0 aliphatic carbocycles. The smallest absolute Gasteiger partial charge is 0.322 e. The maximum Gasteiger partial charge on any atom is 0.322 e. The second-order valence-electron chi connectivity index (χ2n) is 3.21. The van der Waals surface area contributed by atoms with E-state index in [1.165, 1.54) is 6.08 Å². The molecule has 0 fully saturated rings. The molecule has 0 radical (unpaired) electrons. The number of carbonyl (C=O) groups is 1. The summed E-state index contributed by atoms with van der Waals surface area (Å²) in [7, 11) is -3.49. The monoisotopic (exact) mass is 235 g/mol. The number of nitrogens with one attached hydrogen (secondary N) is 1. The normalized spacial score (nSPS) is 13.4. The highest BCUT2D eigenvalue weighted by Gasteiger charge is 2.21. The highest BCUT2D eigenvalue weighted by molar-refractivity contribution is 7.89. The third-order valence-corrected chi connectivity index (χ3v) is 3.26. The van der Waals surface area contributed by atoms with Gasteiger partial charge in [0, 0.05) is 0 Å². The zero-order chi connectivity index (χ0) is 11.9. The van der Waals surface area contributed by atoms with Crippen LogP contribution in [0, 0.1) is 0 Å². The first-order valence-corrected chi connectivity index (χ1v) is 6.42. The van der Waals surface area contributed by atoms with E-state index in [2.05, 4.69) is 11.3 Å². The van der Waals surface area contributed by atoms with Gasteiger partial charge in [0.25, 0.3) is 0 Å². The molecule has 0 aliphatic heterocycles. The van der Waals surface area contributed by atoms with Crippen LogP contribution in [0.1, 0.15) is 26.2 Å². The van der Waals surface area contributed by atoms with Gasteiger partial charge in [-0.1, -0.05) is 19.4 Å². The summed E-state index contributed by atoms with van der Waals surface area (Å²) in [6.07, 6.45) is 2.73. The summed E-state index contributed by atoms with van der Waals surface area (Å²) >= 11 is 0. The molecular formula is C9H17NO4S. The third-order valence-electron chi connectivity index (χ3n) is 1.79. The minimum atomic E-state index is -3.49. The van der Waals surface area contributed by atoms with Crippen LogP contribution in [0.25, 0.3) is 0 Å². The standard InChI is InChI=1S/C9H17NO4S/c1-3-5-7-15(13,14)10-8(6-4-2)9(11)12/h4,8,10H,2-3,5-7H2,1H3,(H,11,12). The third kappa shape index (κ3) is 6.24. The number of unbranched alkanes of at least 4 members (excludes halogenated alkanes) is 1. The number of aliphatic carboxylic acids is 1. The van der Waals surface area contributed by atoms with E-state index < -0.39 is 22.0 Å². The minimum Gasteiger partial charge on any atom is -0.480 e. The molecule has 0 heterocycles. The predicted octanol–water partition coefficient (Wildman–Crippen LogP) is 0.735. The lowest BCUT2D eigenvalue weighted by Crippen LogP contribution is -2.41. The molecule has 0 amide bonds. The molecule has 88 valence electrons. The number of hydrogen-bond donors (Lipinski definition) is 2. The quantitative estimate of drug-likeness (QED) is 0.608. The lowest BCUT2D eigenvalue weighted by Gasteiger charge is -2.12. The molecule has 0 spiro atoms. The van der Waals surface area contributed by atoms with Gasteiger partial charge in [-0.2, -0.15) is 0 Å². The molecule has 0 aromatic carbocycles. The zero-order valence-electron chi connectivity index (χ0n) is 8.77. The fourth-order valence-electron chi connectivity index (χ4n) is 0.976. The largest absolute Gasteiger partial charge is 0.480 e. The number of rotatable bonds is 8. The van der Waals surface area contributed by atoms with Gasteiger partial charge >= 0.3 is 5.97 Å². The second kappa shape index (κ2) is 6.58. The van der Waals surface area contributed by atoms with Crippen LogP contribution in [0.15, 0.2) is 12.7 Å². The SMILES string of the molecule is C=CCC(NS(=O)(=O)CCCC)C(=O)O. The molecule has 5 nitrogen and oxygen atoms in total. The van der Waals surface area contributed by atoms with Gasteiger partial charge in [-0.05, 0) is 12.8 Å². The van der Waals surface area contributed by atoms with E-state index in [1.807, 2.05) is 6.92 Å². The number of carboxylic acids is 1. The van der Waals surface area contributed by atoms with Crippen LogP contribution < -0.4 is 4.72 Å². The Morgan fingerprint density at radius 3 is 2.60 bits per heavy atom. The Hall–Kier alpha value is -0.880. The van der Waals surface area contributed by atoms with Crippen molar-refractivity contribution in [1.29, 1.82) is 0 Å². The molecule has 0 bridgehead atoms. The molecule has 1 unspecified atom stereocenters. The first-order valence-electron chi connectivity index (χ1n) is 4.76. The Bertz CT molecular complexity index is 310. The van der Waals surface area contributed by atoms with Crippen molar-refractivity contribution in [2.75, 3.05) is 5.75 Å². The summed E-state index contributed by atoms with van der Waals surface area (Å²) in [6.45, 7) is 5.25. The number of hydrogen-bond acceptors (Lipinski definition) is 3. The summed E-state index contributed by atoms with van der Waals surface area (Å²) in [6, 6.07) is -1.11.